The Balaban J connectivity index is 1.93. The SMILES string of the molecule is CNc1nnc(C(=O)NCc2cn[nH]c2)s1. The Labute approximate surface area is 95.3 Å². The fraction of sp³-hybridized carbons (Fsp3) is 0.250. The van der Waals surface area contributed by atoms with Gasteiger partial charge in [-0.2, -0.15) is 5.10 Å². The second kappa shape index (κ2) is 4.71. The summed E-state index contributed by atoms with van der Waals surface area (Å²) >= 11 is 1.21. The van der Waals surface area contributed by atoms with Crippen LogP contribution < -0.4 is 10.6 Å². The smallest absolute Gasteiger partial charge is 0.282 e. The molecule has 0 aliphatic heterocycles. The van der Waals surface area contributed by atoms with Crippen molar-refractivity contribution in [3.63, 3.8) is 0 Å². The number of nitrogens with zero attached hydrogens (tertiary/aromatic N) is 3. The molecule has 0 bridgehead atoms. The lowest BCUT2D eigenvalue weighted by Gasteiger charge is -1.98. The largest absolute Gasteiger partial charge is 0.363 e. The number of aromatic nitrogens is 4. The molecule has 8 heteroatoms. The first-order chi connectivity index (χ1) is 7.79. The van der Waals surface area contributed by atoms with Crippen LogP contribution in [-0.4, -0.2) is 33.3 Å². The molecule has 0 unspecified atom stereocenters. The first-order valence-corrected chi connectivity index (χ1v) is 5.38. The minimum atomic E-state index is -0.236. The fourth-order valence-electron chi connectivity index (χ4n) is 1.05. The minimum Gasteiger partial charge on any atom is -0.363 e. The number of amides is 1. The lowest BCUT2D eigenvalue weighted by molar-refractivity contribution is 0.0950. The van der Waals surface area contributed by atoms with Crippen molar-refractivity contribution < 1.29 is 4.79 Å². The maximum absolute atomic E-state index is 11.6. The van der Waals surface area contributed by atoms with Crippen LogP contribution in [0.5, 0.6) is 0 Å². The molecular formula is C8H10N6OS. The molecule has 2 rings (SSSR count). The van der Waals surface area contributed by atoms with Crippen LogP contribution in [0, 0.1) is 0 Å². The van der Waals surface area contributed by atoms with Gasteiger partial charge in [0.05, 0.1) is 6.20 Å². The van der Waals surface area contributed by atoms with Crippen molar-refractivity contribution in [1.29, 1.82) is 0 Å². The molecule has 0 aliphatic rings. The Hall–Kier alpha value is -1.96. The lowest BCUT2D eigenvalue weighted by atomic mass is 10.3. The molecule has 0 radical (unpaired) electrons. The Morgan fingerprint density at radius 1 is 1.56 bits per heavy atom. The molecule has 0 spiro atoms. The van der Waals surface area contributed by atoms with Crippen molar-refractivity contribution in [1.82, 2.24) is 25.7 Å². The van der Waals surface area contributed by atoms with Gasteiger partial charge in [0, 0.05) is 25.4 Å². The molecule has 2 aromatic heterocycles. The van der Waals surface area contributed by atoms with Crippen LogP contribution in [-0.2, 0) is 6.54 Å². The molecule has 0 atom stereocenters. The lowest BCUT2D eigenvalue weighted by Crippen LogP contribution is -2.22. The molecule has 0 saturated carbocycles. The normalized spacial score (nSPS) is 10.1. The van der Waals surface area contributed by atoms with Gasteiger partial charge in [-0.15, -0.1) is 10.2 Å². The second-order valence-electron chi connectivity index (χ2n) is 2.95. The Kier molecular flexibility index (Phi) is 3.10. The summed E-state index contributed by atoms with van der Waals surface area (Å²) in [6.45, 7) is 0.420. The number of H-pyrrole nitrogens is 1. The van der Waals surface area contributed by atoms with Gasteiger partial charge >= 0.3 is 0 Å². The number of carbonyl (C=O) groups excluding carboxylic acids is 1. The number of aromatic amines is 1. The fourth-order valence-corrected chi connectivity index (χ4v) is 1.66. The van der Waals surface area contributed by atoms with Gasteiger partial charge in [-0.05, 0) is 0 Å². The highest BCUT2D eigenvalue weighted by atomic mass is 32.1. The topological polar surface area (TPSA) is 95.6 Å². The Morgan fingerprint density at radius 2 is 2.44 bits per heavy atom. The Bertz CT molecular complexity index is 465. The molecule has 1 amide bonds. The average molecular weight is 238 g/mol. The van der Waals surface area contributed by atoms with Crippen molar-refractivity contribution in [2.24, 2.45) is 0 Å². The number of carbonyl (C=O) groups is 1. The van der Waals surface area contributed by atoms with Crippen molar-refractivity contribution in [3.8, 4) is 0 Å². The molecular weight excluding hydrogens is 228 g/mol. The predicted molar refractivity (Wildman–Crippen MR) is 59.2 cm³/mol. The van der Waals surface area contributed by atoms with Crippen LogP contribution in [0.15, 0.2) is 12.4 Å². The van der Waals surface area contributed by atoms with Crippen LogP contribution in [0.3, 0.4) is 0 Å². The number of rotatable bonds is 4. The summed E-state index contributed by atoms with van der Waals surface area (Å²) < 4.78 is 0. The van der Waals surface area contributed by atoms with E-state index in [0.29, 0.717) is 16.7 Å². The monoisotopic (exact) mass is 238 g/mol. The summed E-state index contributed by atoms with van der Waals surface area (Å²) in [6.07, 6.45) is 3.37. The van der Waals surface area contributed by atoms with E-state index in [9.17, 15) is 4.79 Å². The third-order valence-electron chi connectivity index (χ3n) is 1.84. The number of nitrogens with one attached hydrogen (secondary N) is 3. The summed E-state index contributed by atoms with van der Waals surface area (Å²) in [5.74, 6) is -0.236. The summed E-state index contributed by atoms with van der Waals surface area (Å²) in [5, 5.41) is 20.5. The highest BCUT2D eigenvalue weighted by Gasteiger charge is 2.11. The van der Waals surface area contributed by atoms with Gasteiger partial charge < -0.3 is 10.6 Å². The first-order valence-electron chi connectivity index (χ1n) is 4.56. The standard InChI is InChI=1S/C8H10N6OS/c1-9-8-14-13-7(16-8)6(15)10-2-5-3-11-12-4-5/h3-4H,2H2,1H3,(H,9,14)(H,10,15)(H,11,12). The highest BCUT2D eigenvalue weighted by molar-refractivity contribution is 7.17. The molecule has 0 aromatic carbocycles. The van der Waals surface area contributed by atoms with Crippen LogP contribution in [0.1, 0.15) is 15.4 Å². The van der Waals surface area contributed by atoms with E-state index in [-0.39, 0.29) is 5.91 Å². The van der Waals surface area contributed by atoms with E-state index in [1.54, 1.807) is 19.4 Å². The Morgan fingerprint density at radius 3 is 3.06 bits per heavy atom. The molecule has 2 aromatic rings. The van der Waals surface area contributed by atoms with Crippen LogP contribution >= 0.6 is 11.3 Å². The van der Waals surface area contributed by atoms with E-state index in [1.165, 1.54) is 11.3 Å². The number of hydrogen-bond donors (Lipinski definition) is 3. The van der Waals surface area contributed by atoms with Crippen molar-refractivity contribution >= 4 is 22.4 Å². The van der Waals surface area contributed by atoms with E-state index >= 15 is 0 Å². The van der Waals surface area contributed by atoms with Gasteiger partial charge in [0.25, 0.3) is 5.91 Å². The van der Waals surface area contributed by atoms with E-state index in [0.717, 1.165) is 5.56 Å². The zero-order valence-corrected chi connectivity index (χ0v) is 9.34. The van der Waals surface area contributed by atoms with Gasteiger partial charge in [-0.3, -0.25) is 9.89 Å². The van der Waals surface area contributed by atoms with Crippen LogP contribution in [0.25, 0.3) is 0 Å². The van der Waals surface area contributed by atoms with Gasteiger partial charge in [-0.25, -0.2) is 0 Å². The van der Waals surface area contributed by atoms with Crippen molar-refractivity contribution in [2.45, 2.75) is 6.54 Å². The van der Waals surface area contributed by atoms with Crippen LogP contribution in [0.2, 0.25) is 0 Å². The summed E-state index contributed by atoms with van der Waals surface area (Å²) in [6, 6.07) is 0. The maximum Gasteiger partial charge on any atom is 0.282 e. The minimum absolute atomic E-state index is 0.236. The zero-order chi connectivity index (χ0) is 11.4. The van der Waals surface area contributed by atoms with Gasteiger partial charge in [-0.1, -0.05) is 11.3 Å². The third kappa shape index (κ3) is 2.34. The third-order valence-corrected chi connectivity index (χ3v) is 2.78. The molecule has 3 N–H and O–H groups in total. The number of anilines is 1. The predicted octanol–water partition coefficient (Wildman–Crippen LogP) is 0.233. The van der Waals surface area contributed by atoms with Crippen LogP contribution in [0.4, 0.5) is 5.13 Å². The molecule has 0 saturated heterocycles. The highest BCUT2D eigenvalue weighted by Crippen LogP contribution is 2.13. The van der Waals surface area contributed by atoms with Gasteiger partial charge in [0.2, 0.25) is 10.1 Å². The molecule has 84 valence electrons. The zero-order valence-electron chi connectivity index (χ0n) is 8.52. The van der Waals surface area contributed by atoms with Crippen molar-refractivity contribution in [3.05, 3.63) is 23.0 Å². The summed E-state index contributed by atoms with van der Waals surface area (Å²) in [7, 11) is 1.73. The quantitative estimate of drug-likeness (QED) is 0.708. The second-order valence-corrected chi connectivity index (χ2v) is 3.93. The summed E-state index contributed by atoms with van der Waals surface area (Å²) in [5.41, 5.74) is 0.909. The molecule has 0 fully saturated rings. The van der Waals surface area contributed by atoms with Gasteiger partial charge in [0.15, 0.2) is 0 Å². The molecule has 16 heavy (non-hydrogen) atoms. The number of hydrogen-bond acceptors (Lipinski definition) is 6. The van der Waals surface area contributed by atoms with E-state index < -0.39 is 0 Å². The van der Waals surface area contributed by atoms with E-state index in [4.69, 9.17) is 0 Å². The maximum atomic E-state index is 11.6. The van der Waals surface area contributed by atoms with E-state index in [1.807, 2.05) is 0 Å². The van der Waals surface area contributed by atoms with Crippen molar-refractivity contribution in [2.75, 3.05) is 12.4 Å². The average Bonchev–Trinajstić information content (AvgIpc) is 2.96. The van der Waals surface area contributed by atoms with E-state index in [2.05, 4.69) is 31.0 Å². The molecule has 2 heterocycles. The first kappa shape index (κ1) is 10.6. The summed E-state index contributed by atoms with van der Waals surface area (Å²) in [4.78, 5) is 11.6. The van der Waals surface area contributed by atoms with Gasteiger partial charge in [0.1, 0.15) is 0 Å². The molecule has 0 aliphatic carbocycles. The molecule has 7 nitrogen and oxygen atoms in total.